The van der Waals surface area contributed by atoms with Crippen molar-refractivity contribution < 1.29 is 9.53 Å². The zero-order chi connectivity index (χ0) is 12.7. The van der Waals surface area contributed by atoms with Crippen LogP contribution in [0, 0.1) is 0 Å². The Kier molecular flexibility index (Phi) is 5.84. The lowest BCUT2D eigenvalue weighted by molar-refractivity contribution is -0.120. The number of nitrogens with one attached hydrogen (secondary N) is 1. The van der Waals surface area contributed by atoms with Gasteiger partial charge in [0, 0.05) is 18.8 Å². The van der Waals surface area contributed by atoms with Crippen molar-refractivity contribution in [3.63, 3.8) is 0 Å². The molecular weight excluding hydrogens is 238 g/mol. The van der Waals surface area contributed by atoms with Crippen LogP contribution in [0.15, 0.2) is 18.2 Å². The van der Waals surface area contributed by atoms with Crippen LogP contribution < -0.4 is 10.1 Å². The van der Waals surface area contributed by atoms with E-state index in [9.17, 15) is 4.79 Å². The molecule has 0 fully saturated rings. The van der Waals surface area contributed by atoms with Gasteiger partial charge in [-0.3, -0.25) is 4.79 Å². The third-order valence-corrected chi connectivity index (χ3v) is 2.73. The summed E-state index contributed by atoms with van der Waals surface area (Å²) < 4.78 is 5.25. The van der Waals surface area contributed by atoms with Crippen LogP contribution in [0.2, 0.25) is 0 Å². The van der Waals surface area contributed by atoms with Gasteiger partial charge in [-0.15, -0.1) is 11.6 Å². The summed E-state index contributed by atoms with van der Waals surface area (Å²) in [4.78, 5) is 11.3. The molecule has 0 aliphatic heterocycles. The first-order valence-corrected chi connectivity index (χ1v) is 6.23. The molecule has 94 valence electrons. The maximum Gasteiger partial charge on any atom is 0.221 e. The Morgan fingerprint density at radius 3 is 2.82 bits per heavy atom. The first-order chi connectivity index (χ1) is 8.21. The van der Waals surface area contributed by atoms with Crippen molar-refractivity contribution in [2.45, 2.75) is 26.3 Å². The van der Waals surface area contributed by atoms with Crippen LogP contribution in [0.5, 0.6) is 5.75 Å². The molecule has 4 heteroatoms. The highest BCUT2D eigenvalue weighted by Gasteiger charge is 2.04. The Morgan fingerprint density at radius 1 is 1.47 bits per heavy atom. The number of carbonyl (C=O) groups excluding carboxylic acids is 1. The lowest BCUT2D eigenvalue weighted by atomic mass is 10.1. The molecule has 0 atom stereocenters. The Morgan fingerprint density at radius 2 is 2.24 bits per heavy atom. The molecule has 0 aliphatic carbocycles. The van der Waals surface area contributed by atoms with Gasteiger partial charge in [0.05, 0.1) is 7.11 Å². The van der Waals surface area contributed by atoms with E-state index in [0.29, 0.717) is 18.8 Å². The number of benzene rings is 1. The number of alkyl halides is 1. The monoisotopic (exact) mass is 255 g/mol. The van der Waals surface area contributed by atoms with Gasteiger partial charge in [-0.1, -0.05) is 19.1 Å². The van der Waals surface area contributed by atoms with Crippen molar-refractivity contribution in [3.05, 3.63) is 29.3 Å². The van der Waals surface area contributed by atoms with E-state index in [-0.39, 0.29) is 5.91 Å². The number of hydrogen-bond donors (Lipinski definition) is 1. The van der Waals surface area contributed by atoms with Crippen molar-refractivity contribution in [2.24, 2.45) is 0 Å². The van der Waals surface area contributed by atoms with Gasteiger partial charge in [0.2, 0.25) is 5.91 Å². The Hall–Kier alpha value is -1.22. The Labute approximate surface area is 107 Å². The van der Waals surface area contributed by atoms with Crippen molar-refractivity contribution in [2.75, 3.05) is 13.0 Å². The van der Waals surface area contributed by atoms with E-state index >= 15 is 0 Å². The molecule has 0 spiro atoms. The van der Waals surface area contributed by atoms with Crippen LogP contribution in [0.25, 0.3) is 0 Å². The van der Waals surface area contributed by atoms with Gasteiger partial charge < -0.3 is 10.1 Å². The summed E-state index contributed by atoms with van der Waals surface area (Å²) in [7, 11) is 1.66. The van der Waals surface area contributed by atoms with E-state index in [0.717, 1.165) is 23.3 Å². The van der Waals surface area contributed by atoms with E-state index in [1.165, 1.54) is 0 Å². The van der Waals surface area contributed by atoms with Gasteiger partial charge >= 0.3 is 0 Å². The van der Waals surface area contributed by atoms with Gasteiger partial charge in [0.15, 0.2) is 0 Å². The van der Waals surface area contributed by atoms with E-state index in [1.54, 1.807) is 7.11 Å². The van der Waals surface area contributed by atoms with Crippen LogP contribution >= 0.6 is 11.6 Å². The summed E-state index contributed by atoms with van der Waals surface area (Å²) in [5.74, 6) is 1.23. The van der Waals surface area contributed by atoms with Gasteiger partial charge in [0.25, 0.3) is 0 Å². The smallest absolute Gasteiger partial charge is 0.221 e. The summed E-state index contributed by atoms with van der Waals surface area (Å²) >= 11 is 5.49. The molecule has 0 saturated carbocycles. The van der Waals surface area contributed by atoms with Crippen LogP contribution in [0.1, 0.15) is 24.5 Å². The summed E-state index contributed by atoms with van der Waals surface area (Å²) in [5.41, 5.74) is 2.22. The molecule has 0 bridgehead atoms. The minimum Gasteiger partial charge on any atom is -0.496 e. The van der Waals surface area contributed by atoms with E-state index in [4.69, 9.17) is 16.3 Å². The van der Waals surface area contributed by atoms with Crippen molar-refractivity contribution >= 4 is 17.5 Å². The second kappa shape index (κ2) is 7.17. The van der Waals surface area contributed by atoms with E-state index < -0.39 is 0 Å². The molecule has 1 N–H and O–H groups in total. The zero-order valence-electron chi connectivity index (χ0n) is 10.3. The number of halogens is 1. The normalized spacial score (nSPS) is 10.1. The number of hydrogen-bond acceptors (Lipinski definition) is 2. The highest BCUT2D eigenvalue weighted by atomic mass is 35.5. The Balaban J connectivity index is 2.63. The number of methoxy groups -OCH3 is 1. The van der Waals surface area contributed by atoms with Gasteiger partial charge in [-0.2, -0.15) is 0 Å². The molecule has 0 heterocycles. The average molecular weight is 256 g/mol. The number of aryl methyl sites for hydroxylation is 1. The number of carbonyl (C=O) groups is 1. The summed E-state index contributed by atoms with van der Waals surface area (Å²) in [6.45, 7) is 2.61. The average Bonchev–Trinajstić information content (AvgIpc) is 2.36. The molecule has 0 saturated heterocycles. The first-order valence-electron chi connectivity index (χ1n) is 5.69. The zero-order valence-corrected chi connectivity index (χ0v) is 11.0. The highest BCUT2D eigenvalue weighted by Crippen LogP contribution is 2.20. The maximum absolute atomic E-state index is 11.3. The third kappa shape index (κ3) is 4.27. The van der Waals surface area contributed by atoms with Crippen LogP contribution in [-0.4, -0.2) is 18.9 Å². The summed E-state index contributed by atoms with van der Waals surface area (Å²) in [6.07, 6.45) is 1.27. The molecule has 1 aromatic rings. The number of amides is 1. The predicted molar refractivity (Wildman–Crippen MR) is 69.6 cm³/mol. The molecule has 1 amide bonds. The van der Waals surface area contributed by atoms with Crippen molar-refractivity contribution in [3.8, 4) is 5.75 Å². The standard InChI is InChI=1S/C13H18ClNO2/c1-3-11-8-10(4-5-12(11)17-2)9-15-13(16)6-7-14/h4-5,8H,3,6-7,9H2,1-2H3,(H,15,16). The second-order valence-electron chi connectivity index (χ2n) is 3.72. The quantitative estimate of drug-likeness (QED) is 0.794. The fourth-order valence-corrected chi connectivity index (χ4v) is 1.76. The lowest BCUT2D eigenvalue weighted by Gasteiger charge is -2.10. The molecular formula is C13H18ClNO2. The lowest BCUT2D eigenvalue weighted by Crippen LogP contribution is -2.22. The molecule has 1 aromatic carbocycles. The first kappa shape index (κ1) is 13.8. The maximum atomic E-state index is 11.3. The molecule has 0 radical (unpaired) electrons. The number of ether oxygens (including phenoxy) is 1. The third-order valence-electron chi connectivity index (χ3n) is 2.54. The van der Waals surface area contributed by atoms with Crippen LogP contribution in [-0.2, 0) is 17.8 Å². The minimum absolute atomic E-state index is 0.0196. The summed E-state index contributed by atoms with van der Waals surface area (Å²) in [6, 6.07) is 5.95. The molecule has 0 aromatic heterocycles. The summed E-state index contributed by atoms with van der Waals surface area (Å²) in [5, 5.41) is 2.82. The topological polar surface area (TPSA) is 38.3 Å². The molecule has 3 nitrogen and oxygen atoms in total. The predicted octanol–water partition coefficient (Wildman–Crippen LogP) is 2.50. The van der Waals surface area contributed by atoms with Crippen molar-refractivity contribution in [1.29, 1.82) is 0 Å². The molecule has 1 rings (SSSR count). The highest BCUT2D eigenvalue weighted by molar-refractivity contribution is 6.18. The van der Waals surface area contributed by atoms with Gasteiger partial charge in [-0.25, -0.2) is 0 Å². The number of rotatable bonds is 6. The molecule has 17 heavy (non-hydrogen) atoms. The van der Waals surface area contributed by atoms with Crippen molar-refractivity contribution in [1.82, 2.24) is 5.32 Å². The SMILES string of the molecule is CCc1cc(CNC(=O)CCCl)ccc1OC. The molecule has 0 unspecified atom stereocenters. The van der Waals surface area contributed by atoms with Gasteiger partial charge in [-0.05, 0) is 23.6 Å². The van der Waals surface area contributed by atoms with E-state index in [2.05, 4.69) is 18.3 Å². The van der Waals surface area contributed by atoms with Crippen LogP contribution in [0.4, 0.5) is 0 Å². The fourth-order valence-electron chi connectivity index (χ4n) is 1.59. The van der Waals surface area contributed by atoms with Crippen LogP contribution in [0.3, 0.4) is 0 Å². The minimum atomic E-state index is -0.0196. The van der Waals surface area contributed by atoms with E-state index in [1.807, 2.05) is 12.1 Å². The second-order valence-corrected chi connectivity index (χ2v) is 4.09. The largest absolute Gasteiger partial charge is 0.496 e. The Bertz CT molecular complexity index is 380. The van der Waals surface area contributed by atoms with Gasteiger partial charge in [0.1, 0.15) is 5.75 Å². The fraction of sp³-hybridized carbons (Fsp3) is 0.462. The molecule has 0 aliphatic rings.